The van der Waals surface area contributed by atoms with Crippen LogP contribution >= 0.6 is 0 Å². The number of benzene rings is 1. The summed E-state index contributed by atoms with van der Waals surface area (Å²) in [7, 11) is 0. The topological polar surface area (TPSA) is 55.1 Å². The lowest BCUT2D eigenvalue weighted by Gasteiger charge is -2.12. The second kappa shape index (κ2) is 7.89. The van der Waals surface area contributed by atoms with Gasteiger partial charge in [0.1, 0.15) is 0 Å². The van der Waals surface area contributed by atoms with Crippen LogP contribution < -0.4 is 11.1 Å². The first-order chi connectivity index (χ1) is 9.38. The monoisotopic (exact) mass is 288 g/mol. The van der Waals surface area contributed by atoms with Crippen molar-refractivity contribution < 1.29 is 18.0 Å². The van der Waals surface area contributed by atoms with Crippen molar-refractivity contribution in [3.05, 3.63) is 35.9 Å². The zero-order chi connectivity index (χ0) is 15.0. The Kier molecular flexibility index (Phi) is 6.51. The summed E-state index contributed by atoms with van der Waals surface area (Å²) in [5, 5.41) is 2.56. The molecule has 0 aliphatic rings. The molecule has 1 aromatic carbocycles. The maximum Gasteiger partial charge on any atom is 0.389 e. The van der Waals surface area contributed by atoms with Crippen LogP contribution in [0.2, 0.25) is 0 Å². The van der Waals surface area contributed by atoms with Crippen LogP contribution in [0, 0.1) is 0 Å². The highest BCUT2D eigenvalue weighted by molar-refractivity contribution is 5.81. The summed E-state index contributed by atoms with van der Waals surface area (Å²) in [4.78, 5) is 11.6. The molecule has 0 saturated heterocycles. The number of rotatable bonds is 7. The van der Waals surface area contributed by atoms with Crippen LogP contribution in [-0.2, 0) is 11.2 Å². The van der Waals surface area contributed by atoms with Crippen molar-refractivity contribution >= 4 is 5.91 Å². The van der Waals surface area contributed by atoms with Crippen molar-refractivity contribution in [3.8, 4) is 0 Å². The standard InChI is InChI=1S/C14H19F3N2O/c15-14(16,17)8-4-5-9-19-13(20)12(18)10-11-6-2-1-3-7-11/h1-3,6-7,12H,4-5,8-10,18H2,(H,19,20). The Morgan fingerprint density at radius 2 is 1.85 bits per heavy atom. The molecule has 112 valence electrons. The van der Waals surface area contributed by atoms with Crippen molar-refractivity contribution in [2.75, 3.05) is 6.54 Å². The van der Waals surface area contributed by atoms with Gasteiger partial charge in [-0.3, -0.25) is 4.79 Å². The number of halogens is 3. The predicted octanol–water partition coefficient (Wildman–Crippen LogP) is 2.41. The molecule has 0 radical (unpaired) electrons. The fraction of sp³-hybridized carbons (Fsp3) is 0.500. The number of hydrogen-bond donors (Lipinski definition) is 2. The van der Waals surface area contributed by atoms with E-state index in [0.717, 1.165) is 5.56 Å². The van der Waals surface area contributed by atoms with Crippen molar-refractivity contribution in [1.82, 2.24) is 5.32 Å². The summed E-state index contributed by atoms with van der Waals surface area (Å²) in [6.45, 7) is 0.220. The van der Waals surface area contributed by atoms with E-state index in [-0.39, 0.29) is 18.9 Å². The predicted molar refractivity (Wildman–Crippen MR) is 71.0 cm³/mol. The van der Waals surface area contributed by atoms with Crippen LogP contribution in [0.15, 0.2) is 30.3 Å². The summed E-state index contributed by atoms with van der Waals surface area (Å²) in [5.74, 6) is -0.333. The molecule has 1 amide bonds. The first-order valence-electron chi connectivity index (χ1n) is 6.52. The number of carbonyl (C=O) groups excluding carboxylic acids is 1. The molecule has 0 aliphatic heterocycles. The number of nitrogens with one attached hydrogen (secondary N) is 1. The van der Waals surface area contributed by atoms with E-state index >= 15 is 0 Å². The van der Waals surface area contributed by atoms with Crippen molar-refractivity contribution in [2.45, 2.75) is 37.9 Å². The van der Waals surface area contributed by atoms with Crippen LogP contribution in [0.4, 0.5) is 13.2 Å². The molecule has 1 unspecified atom stereocenters. The Hall–Kier alpha value is -1.56. The van der Waals surface area contributed by atoms with E-state index in [9.17, 15) is 18.0 Å². The van der Waals surface area contributed by atoms with E-state index in [2.05, 4.69) is 5.32 Å². The van der Waals surface area contributed by atoms with Crippen LogP contribution in [-0.4, -0.2) is 24.7 Å². The summed E-state index contributed by atoms with van der Waals surface area (Å²) in [5.41, 5.74) is 6.69. The smallest absolute Gasteiger partial charge is 0.355 e. The van der Waals surface area contributed by atoms with Gasteiger partial charge in [-0.25, -0.2) is 0 Å². The quantitative estimate of drug-likeness (QED) is 0.757. The van der Waals surface area contributed by atoms with E-state index in [1.165, 1.54) is 0 Å². The number of nitrogens with two attached hydrogens (primary N) is 1. The van der Waals surface area contributed by atoms with E-state index in [0.29, 0.717) is 12.8 Å². The van der Waals surface area contributed by atoms with Gasteiger partial charge in [-0.05, 0) is 24.8 Å². The van der Waals surface area contributed by atoms with Gasteiger partial charge in [-0.15, -0.1) is 0 Å². The molecule has 1 rings (SSSR count). The van der Waals surface area contributed by atoms with Gasteiger partial charge in [0.05, 0.1) is 6.04 Å². The molecular formula is C14H19F3N2O. The van der Waals surface area contributed by atoms with Gasteiger partial charge in [-0.1, -0.05) is 30.3 Å². The summed E-state index contributed by atoms with van der Waals surface area (Å²) in [6.07, 6.45) is -4.23. The Morgan fingerprint density at radius 3 is 2.45 bits per heavy atom. The molecule has 0 fully saturated rings. The fourth-order valence-electron chi connectivity index (χ4n) is 1.75. The third-order valence-electron chi connectivity index (χ3n) is 2.82. The zero-order valence-corrected chi connectivity index (χ0v) is 11.1. The molecule has 3 nitrogen and oxygen atoms in total. The van der Waals surface area contributed by atoms with Crippen LogP contribution in [0.5, 0.6) is 0 Å². The van der Waals surface area contributed by atoms with E-state index in [4.69, 9.17) is 5.73 Å². The molecule has 6 heteroatoms. The Balaban J connectivity index is 2.19. The van der Waals surface area contributed by atoms with Gasteiger partial charge in [0.15, 0.2) is 0 Å². The number of hydrogen-bond acceptors (Lipinski definition) is 2. The maximum atomic E-state index is 11.9. The third-order valence-corrected chi connectivity index (χ3v) is 2.82. The Morgan fingerprint density at radius 1 is 1.20 bits per heavy atom. The molecule has 0 aromatic heterocycles. The highest BCUT2D eigenvalue weighted by Crippen LogP contribution is 2.21. The largest absolute Gasteiger partial charge is 0.389 e. The SMILES string of the molecule is NC(Cc1ccccc1)C(=O)NCCCCC(F)(F)F. The molecule has 3 N–H and O–H groups in total. The number of carbonyl (C=O) groups is 1. The lowest BCUT2D eigenvalue weighted by molar-refractivity contribution is -0.135. The van der Waals surface area contributed by atoms with Gasteiger partial charge in [0.2, 0.25) is 5.91 Å². The second-order valence-corrected chi connectivity index (χ2v) is 4.66. The minimum absolute atomic E-state index is 0.0116. The van der Waals surface area contributed by atoms with Crippen LogP contribution in [0.25, 0.3) is 0 Å². The highest BCUT2D eigenvalue weighted by Gasteiger charge is 2.25. The van der Waals surface area contributed by atoms with Gasteiger partial charge >= 0.3 is 6.18 Å². The molecule has 0 heterocycles. The first kappa shape index (κ1) is 16.5. The van der Waals surface area contributed by atoms with E-state index in [1.807, 2.05) is 30.3 Å². The maximum absolute atomic E-state index is 11.9. The average molecular weight is 288 g/mol. The van der Waals surface area contributed by atoms with Crippen LogP contribution in [0.1, 0.15) is 24.8 Å². The molecular weight excluding hydrogens is 269 g/mol. The summed E-state index contributed by atoms with van der Waals surface area (Å²) >= 11 is 0. The summed E-state index contributed by atoms with van der Waals surface area (Å²) < 4.78 is 35.7. The van der Waals surface area contributed by atoms with E-state index in [1.54, 1.807) is 0 Å². The third kappa shape index (κ3) is 7.13. The first-order valence-corrected chi connectivity index (χ1v) is 6.52. The van der Waals surface area contributed by atoms with Gasteiger partial charge in [-0.2, -0.15) is 13.2 Å². The Labute approximate surface area is 116 Å². The molecule has 1 atom stereocenters. The molecule has 0 spiro atoms. The van der Waals surface area contributed by atoms with Crippen LogP contribution in [0.3, 0.4) is 0 Å². The lowest BCUT2D eigenvalue weighted by atomic mass is 10.1. The molecule has 0 saturated carbocycles. The van der Waals surface area contributed by atoms with Crippen molar-refractivity contribution in [1.29, 1.82) is 0 Å². The Bertz CT molecular complexity index is 407. The molecule has 20 heavy (non-hydrogen) atoms. The minimum Gasteiger partial charge on any atom is -0.355 e. The van der Waals surface area contributed by atoms with Crippen molar-refractivity contribution in [2.24, 2.45) is 5.73 Å². The summed E-state index contributed by atoms with van der Waals surface area (Å²) in [6, 6.07) is 8.65. The van der Waals surface area contributed by atoms with Crippen molar-refractivity contribution in [3.63, 3.8) is 0 Å². The second-order valence-electron chi connectivity index (χ2n) is 4.66. The van der Waals surface area contributed by atoms with E-state index < -0.39 is 18.6 Å². The molecule has 0 aliphatic carbocycles. The van der Waals surface area contributed by atoms with Gasteiger partial charge in [0.25, 0.3) is 0 Å². The molecule has 1 aromatic rings. The fourth-order valence-corrected chi connectivity index (χ4v) is 1.75. The highest BCUT2D eigenvalue weighted by atomic mass is 19.4. The number of unbranched alkanes of at least 4 members (excludes halogenated alkanes) is 1. The van der Waals surface area contributed by atoms with Gasteiger partial charge < -0.3 is 11.1 Å². The normalized spacial score (nSPS) is 13.0. The minimum atomic E-state index is -4.13. The van der Waals surface area contributed by atoms with Gasteiger partial charge in [0, 0.05) is 13.0 Å². The number of alkyl halides is 3. The molecule has 0 bridgehead atoms. The number of amides is 1. The lowest BCUT2D eigenvalue weighted by Crippen LogP contribution is -2.42. The average Bonchev–Trinajstić information content (AvgIpc) is 2.38. The zero-order valence-electron chi connectivity index (χ0n) is 11.1.